The van der Waals surface area contributed by atoms with E-state index in [1.807, 2.05) is 13.8 Å². The normalized spacial score (nSPS) is 18.9. The van der Waals surface area contributed by atoms with Crippen LogP contribution in [0.1, 0.15) is 59.3 Å². The molecule has 0 heteroatoms. The second-order valence-corrected chi connectivity index (χ2v) is 3.31. The Bertz CT molecular complexity index is 96.6. The van der Waals surface area contributed by atoms with Gasteiger partial charge >= 0.3 is 0 Å². The van der Waals surface area contributed by atoms with Gasteiger partial charge in [0, 0.05) is 0 Å². The number of hydrogen-bond donors (Lipinski definition) is 0. The Labute approximate surface area is 78.1 Å². The van der Waals surface area contributed by atoms with Crippen LogP contribution < -0.4 is 0 Å². The summed E-state index contributed by atoms with van der Waals surface area (Å²) in [5, 5.41) is 0. The third-order valence-corrected chi connectivity index (χ3v) is 2.43. The van der Waals surface area contributed by atoms with Crippen LogP contribution in [0.3, 0.4) is 0 Å². The molecule has 0 N–H and O–H groups in total. The molecule has 0 spiro atoms. The topological polar surface area (TPSA) is 0 Å². The van der Waals surface area contributed by atoms with Crippen molar-refractivity contribution in [3.8, 4) is 0 Å². The standard InChI is InChI=1S/C10H18.C2H6/c1-2-3-7-10-8-5-4-6-9-10;1-2/h2-3,10H,4-9H2,1H3;1-2H3/b3-2+;. The lowest BCUT2D eigenvalue weighted by molar-refractivity contribution is 0.361. The lowest BCUT2D eigenvalue weighted by Gasteiger charge is -2.19. The Kier molecular flexibility index (Phi) is 8.64. The van der Waals surface area contributed by atoms with Gasteiger partial charge in [0.1, 0.15) is 0 Å². The first-order chi connectivity index (χ1) is 5.93. The third kappa shape index (κ3) is 5.40. The van der Waals surface area contributed by atoms with Gasteiger partial charge in [-0.15, -0.1) is 0 Å². The number of hydrogen-bond acceptors (Lipinski definition) is 0. The van der Waals surface area contributed by atoms with Crippen molar-refractivity contribution in [2.45, 2.75) is 59.3 Å². The first-order valence-electron chi connectivity index (χ1n) is 5.54. The summed E-state index contributed by atoms with van der Waals surface area (Å²) in [5.74, 6) is 1.02. The van der Waals surface area contributed by atoms with Crippen LogP contribution >= 0.6 is 0 Å². The van der Waals surface area contributed by atoms with E-state index in [2.05, 4.69) is 19.1 Å². The van der Waals surface area contributed by atoms with Crippen LogP contribution in [0.5, 0.6) is 0 Å². The van der Waals surface area contributed by atoms with Gasteiger partial charge in [0.25, 0.3) is 0 Å². The fourth-order valence-electron chi connectivity index (χ4n) is 1.75. The van der Waals surface area contributed by atoms with E-state index in [0.29, 0.717) is 0 Å². The van der Waals surface area contributed by atoms with Crippen LogP contribution in [0.25, 0.3) is 0 Å². The molecule has 0 unspecified atom stereocenters. The molecule has 0 heterocycles. The average Bonchev–Trinajstić information content (AvgIpc) is 2.19. The summed E-state index contributed by atoms with van der Waals surface area (Å²) in [5.41, 5.74) is 0. The SMILES string of the molecule is C/C=C/CC1CCCCC1.CC. The maximum absolute atomic E-state index is 2.32. The molecular weight excluding hydrogens is 144 g/mol. The van der Waals surface area contributed by atoms with Gasteiger partial charge in [-0.1, -0.05) is 58.1 Å². The summed E-state index contributed by atoms with van der Waals surface area (Å²) in [6, 6.07) is 0. The van der Waals surface area contributed by atoms with Crippen LogP contribution in [-0.4, -0.2) is 0 Å². The molecule has 0 radical (unpaired) electrons. The molecule has 1 saturated carbocycles. The highest BCUT2D eigenvalue weighted by molar-refractivity contribution is 4.81. The van der Waals surface area contributed by atoms with Gasteiger partial charge < -0.3 is 0 Å². The molecule has 0 aromatic heterocycles. The van der Waals surface area contributed by atoms with Crippen LogP contribution in [0.2, 0.25) is 0 Å². The first-order valence-corrected chi connectivity index (χ1v) is 5.54. The smallest absolute Gasteiger partial charge is 0.0322 e. The van der Waals surface area contributed by atoms with Crippen molar-refractivity contribution >= 4 is 0 Å². The van der Waals surface area contributed by atoms with Crippen LogP contribution in [0.4, 0.5) is 0 Å². The lowest BCUT2D eigenvalue weighted by Crippen LogP contribution is -2.04. The fourth-order valence-corrected chi connectivity index (χ4v) is 1.75. The maximum atomic E-state index is 2.32. The highest BCUT2D eigenvalue weighted by Gasteiger charge is 2.10. The van der Waals surface area contributed by atoms with Crippen molar-refractivity contribution in [2.24, 2.45) is 5.92 Å². The van der Waals surface area contributed by atoms with Gasteiger partial charge in [-0.05, 0) is 19.3 Å². The van der Waals surface area contributed by atoms with E-state index in [9.17, 15) is 0 Å². The van der Waals surface area contributed by atoms with Crippen molar-refractivity contribution < 1.29 is 0 Å². The summed E-state index contributed by atoms with van der Waals surface area (Å²) >= 11 is 0. The Balaban J connectivity index is 0.000000561. The molecule has 12 heavy (non-hydrogen) atoms. The van der Waals surface area contributed by atoms with Crippen molar-refractivity contribution in [2.75, 3.05) is 0 Å². The quantitative estimate of drug-likeness (QED) is 0.530. The van der Waals surface area contributed by atoms with Gasteiger partial charge in [-0.2, -0.15) is 0 Å². The van der Waals surface area contributed by atoms with Crippen LogP contribution in [0, 0.1) is 5.92 Å². The van der Waals surface area contributed by atoms with Gasteiger partial charge in [0.05, 0.1) is 0 Å². The fraction of sp³-hybridized carbons (Fsp3) is 0.833. The Morgan fingerprint density at radius 1 is 1.08 bits per heavy atom. The van der Waals surface area contributed by atoms with Gasteiger partial charge in [0.15, 0.2) is 0 Å². The molecule has 0 atom stereocenters. The van der Waals surface area contributed by atoms with Gasteiger partial charge in [-0.3, -0.25) is 0 Å². The van der Waals surface area contributed by atoms with Crippen molar-refractivity contribution in [1.82, 2.24) is 0 Å². The van der Waals surface area contributed by atoms with E-state index in [4.69, 9.17) is 0 Å². The van der Waals surface area contributed by atoms with E-state index in [1.54, 1.807) is 0 Å². The van der Waals surface area contributed by atoms with Crippen molar-refractivity contribution in [3.63, 3.8) is 0 Å². The highest BCUT2D eigenvalue weighted by atomic mass is 14.2. The summed E-state index contributed by atoms with van der Waals surface area (Å²) < 4.78 is 0. The zero-order valence-electron chi connectivity index (χ0n) is 8.97. The summed E-state index contributed by atoms with van der Waals surface area (Å²) in [4.78, 5) is 0. The van der Waals surface area contributed by atoms with E-state index in [1.165, 1.54) is 38.5 Å². The van der Waals surface area contributed by atoms with Crippen molar-refractivity contribution in [1.29, 1.82) is 0 Å². The van der Waals surface area contributed by atoms with E-state index in [0.717, 1.165) is 5.92 Å². The molecule has 1 rings (SSSR count). The summed E-state index contributed by atoms with van der Waals surface area (Å²) in [6.45, 7) is 6.11. The Morgan fingerprint density at radius 3 is 2.17 bits per heavy atom. The molecule has 1 aliphatic rings. The van der Waals surface area contributed by atoms with Gasteiger partial charge in [-0.25, -0.2) is 0 Å². The summed E-state index contributed by atoms with van der Waals surface area (Å²) in [6.07, 6.45) is 13.2. The molecule has 0 aromatic rings. The first kappa shape index (κ1) is 11.7. The second kappa shape index (κ2) is 8.83. The van der Waals surface area contributed by atoms with Crippen LogP contribution in [0.15, 0.2) is 12.2 Å². The zero-order valence-corrected chi connectivity index (χ0v) is 8.97. The highest BCUT2D eigenvalue weighted by Crippen LogP contribution is 2.26. The molecule has 0 saturated heterocycles. The molecular formula is C12H24. The predicted molar refractivity (Wildman–Crippen MR) is 57.4 cm³/mol. The zero-order chi connectivity index (χ0) is 9.23. The van der Waals surface area contributed by atoms with Gasteiger partial charge in [0.2, 0.25) is 0 Å². The van der Waals surface area contributed by atoms with Crippen molar-refractivity contribution in [3.05, 3.63) is 12.2 Å². The third-order valence-electron chi connectivity index (χ3n) is 2.43. The minimum Gasteiger partial charge on any atom is -0.0917 e. The average molecular weight is 168 g/mol. The molecule has 0 amide bonds. The second-order valence-electron chi connectivity index (χ2n) is 3.31. The number of rotatable bonds is 2. The summed E-state index contributed by atoms with van der Waals surface area (Å²) in [7, 11) is 0. The molecule has 1 fully saturated rings. The van der Waals surface area contributed by atoms with E-state index < -0.39 is 0 Å². The van der Waals surface area contributed by atoms with Crippen LogP contribution in [-0.2, 0) is 0 Å². The number of allylic oxidation sites excluding steroid dienone is 2. The lowest BCUT2D eigenvalue weighted by atomic mass is 9.87. The maximum Gasteiger partial charge on any atom is -0.0322 e. The molecule has 0 bridgehead atoms. The molecule has 72 valence electrons. The largest absolute Gasteiger partial charge is 0.0917 e. The minimum atomic E-state index is 1.02. The monoisotopic (exact) mass is 168 g/mol. The Morgan fingerprint density at radius 2 is 1.67 bits per heavy atom. The molecule has 0 aromatic carbocycles. The van der Waals surface area contributed by atoms with E-state index in [-0.39, 0.29) is 0 Å². The molecule has 0 aliphatic heterocycles. The molecule has 0 nitrogen and oxygen atoms in total. The minimum absolute atomic E-state index is 1.02. The van der Waals surface area contributed by atoms with E-state index >= 15 is 0 Å². The molecule has 1 aliphatic carbocycles. The predicted octanol–water partition coefficient (Wildman–Crippen LogP) is 4.56. The Hall–Kier alpha value is -0.260.